The van der Waals surface area contributed by atoms with Crippen LogP contribution in [-0.2, 0) is 10.5 Å². The number of halogens is 1. The van der Waals surface area contributed by atoms with Crippen LogP contribution in [0, 0.1) is 5.82 Å². The van der Waals surface area contributed by atoms with Crippen molar-refractivity contribution in [3.8, 4) is 0 Å². The predicted octanol–water partition coefficient (Wildman–Crippen LogP) is 3.39. The van der Waals surface area contributed by atoms with E-state index >= 15 is 0 Å². The first-order valence-electron chi connectivity index (χ1n) is 11.8. The molecule has 3 N–H and O–H groups in total. The number of benzene rings is 1. The Morgan fingerprint density at radius 1 is 1.06 bits per heavy atom. The van der Waals surface area contributed by atoms with Gasteiger partial charge in [-0.1, -0.05) is 12.1 Å². The average Bonchev–Trinajstić information content (AvgIpc) is 2.82. The number of aliphatic hydroxyl groups excluding tert-OH is 1. The molecule has 0 saturated heterocycles. The van der Waals surface area contributed by atoms with Crippen LogP contribution in [0.3, 0.4) is 0 Å². The lowest BCUT2D eigenvalue weighted by molar-refractivity contribution is -0.138. The fourth-order valence-electron chi connectivity index (χ4n) is 3.78. The standard InChI is InChI=1S/C26H34FN3O5S/c1-16(2)30(17(3)4)26(35)20-9-19(11-28-12-20)23(31)13-29-22(10-25(33)34)24(32)15-36-14-18-5-7-21(27)8-6-18/h5-9,11-12,16-17,22,24,29,32H,10,13-15H2,1-4H3,(H,33,34)/t22-,24?/m0/s1. The van der Waals surface area contributed by atoms with E-state index < -0.39 is 18.1 Å². The lowest BCUT2D eigenvalue weighted by atomic mass is 10.1. The molecule has 196 valence electrons. The summed E-state index contributed by atoms with van der Waals surface area (Å²) in [7, 11) is 0. The lowest BCUT2D eigenvalue weighted by Gasteiger charge is -2.30. The highest BCUT2D eigenvalue weighted by molar-refractivity contribution is 7.98. The zero-order valence-corrected chi connectivity index (χ0v) is 21.8. The van der Waals surface area contributed by atoms with Crippen molar-refractivity contribution in [2.45, 2.75) is 64.1 Å². The highest BCUT2D eigenvalue weighted by Gasteiger charge is 2.25. The molecule has 36 heavy (non-hydrogen) atoms. The van der Waals surface area contributed by atoms with E-state index in [0.29, 0.717) is 11.3 Å². The molecule has 0 aliphatic heterocycles. The molecule has 0 fully saturated rings. The first kappa shape index (κ1) is 29.4. The van der Waals surface area contributed by atoms with Crippen molar-refractivity contribution in [1.82, 2.24) is 15.2 Å². The highest BCUT2D eigenvalue weighted by Crippen LogP contribution is 2.17. The van der Waals surface area contributed by atoms with Gasteiger partial charge < -0.3 is 20.4 Å². The fourth-order valence-corrected chi connectivity index (χ4v) is 4.80. The van der Waals surface area contributed by atoms with Crippen LogP contribution in [0.1, 0.15) is 60.4 Å². The van der Waals surface area contributed by atoms with Gasteiger partial charge in [0.2, 0.25) is 0 Å². The topological polar surface area (TPSA) is 120 Å². The van der Waals surface area contributed by atoms with E-state index in [4.69, 9.17) is 0 Å². The Morgan fingerprint density at radius 2 is 1.67 bits per heavy atom. The number of hydrogen-bond acceptors (Lipinski definition) is 7. The van der Waals surface area contributed by atoms with Crippen LogP contribution in [0.2, 0.25) is 0 Å². The number of thioether (sulfide) groups is 1. The van der Waals surface area contributed by atoms with E-state index in [1.807, 2.05) is 27.7 Å². The first-order valence-corrected chi connectivity index (χ1v) is 12.9. The van der Waals surface area contributed by atoms with E-state index in [1.54, 1.807) is 17.0 Å². The van der Waals surface area contributed by atoms with E-state index in [-0.39, 0.29) is 53.9 Å². The number of nitrogens with one attached hydrogen (secondary N) is 1. The molecule has 2 aromatic rings. The third kappa shape index (κ3) is 9.00. The zero-order valence-electron chi connectivity index (χ0n) is 21.0. The van der Waals surface area contributed by atoms with Crippen LogP contribution in [0.15, 0.2) is 42.7 Å². The second kappa shape index (κ2) is 14.1. The smallest absolute Gasteiger partial charge is 0.305 e. The largest absolute Gasteiger partial charge is 0.481 e. The molecule has 2 rings (SSSR count). The number of carbonyl (C=O) groups is 3. The van der Waals surface area contributed by atoms with E-state index in [9.17, 15) is 29.0 Å². The molecule has 1 unspecified atom stereocenters. The third-order valence-electron chi connectivity index (χ3n) is 5.51. The molecule has 0 bridgehead atoms. The summed E-state index contributed by atoms with van der Waals surface area (Å²) in [5, 5.41) is 22.7. The summed E-state index contributed by atoms with van der Waals surface area (Å²) in [6.07, 6.45) is 1.37. The molecule has 2 atom stereocenters. The Morgan fingerprint density at radius 3 is 2.25 bits per heavy atom. The highest BCUT2D eigenvalue weighted by atomic mass is 32.2. The number of amides is 1. The molecular weight excluding hydrogens is 485 g/mol. The zero-order chi connectivity index (χ0) is 26.8. The summed E-state index contributed by atoms with van der Waals surface area (Å²) >= 11 is 1.38. The molecule has 1 amide bonds. The maximum absolute atomic E-state index is 13.0. The summed E-state index contributed by atoms with van der Waals surface area (Å²) < 4.78 is 13.0. The number of nitrogens with zero attached hydrogens (tertiary/aromatic N) is 2. The molecule has 1 heterocycles. The van der Waals surface area contributed by atoms with Crippen LogP contribution in [0.5, 0.6) is 0 Å². The Balaban J connectivity index is 2.00. The van der Waals surface area contributed by atoms with Crippen molar-refractivity contribution >= 4 is 29.4 Å². The summed E-state index contributed by atoms with van der Waals surface area (Å²) in [6.45, 7) is 7.42. The van der Waals surface area contributed by atoms with Crippen molar-refractivity contribution in [3.63, 3.8) is 0 Å². The number of Topliss-reactive ketones (excluding diaryl/α,β-unsaturated/α-hetero) is 1. The molecule has 8 nitrogen and oxygen atoms in total. The molecule has 1 aromatic heterocycles. The van der Waals surface area contributed by atoms with Gasteiger partial charge in [0.05, 0.1) is 24.6 Å². The van der Waals surface area contributed by atoms with Gasteiger partial charge in [0.15, 0.2) is 5.78 Å². The van der Waals surface area contributed by atoms with Gasteiger partial charge in [0, 0.05) is 47.6 Å². The van der Waals surface area contributed by atoms with Crippen LogP contribution in [0.4, 0.5) is 4.39 Å². The Labute approximate surface area is 215 Å². The minimum atomic E-state index is -1.11. The van der Waals surface area contributed by atoms with Crippen LogP contribution >= 0.6 is 11.8 Å². The van der Waals surface area contributed by atoms with Gasteiger partial charge in [0.1, 0.15) is 5.82 Å². The van der Waals surface area contributed by atoms with Gasteiger partial charge in [-0.3, -0.25) is 19.4 Å². The normalized spacial score (nSPS) is 13.0. The van der Waals surface area contributed by atoms with Gasteiger partial charge in [-0.2, -0.15) is 11.8 Å². The second-order valence-electron chi connectivity index (χ2n) is 9.08. The minimum absolute atomic E-state index is 0.0299. The molecule has 0 saturated carbocycles. The Bertz CT molecular complexity index is 1020. The van der Waals surface area contributed by atoms with Crippen molar-refractivity contribution < 1.29 is 29.0 Å². The number of ketones is 1. The maximum atomic E-state index is 13.0. The van der Waals surface area contributed by atoms with E-state index in [1.165, 1.54) is 42.4 Å². The molecule has 0 aliphatic carbocycles. The number of carboxylic acid groups (broad SMARTS) is 1. The molecule has 10 heteroatoms. The monoisotopic (exact) mass is 519 g/mol. The number of hydrogen-bond donors (Lipinski definition) is 3. The number of aromatic nitrogens is 1. The van der Waals surface area contributed by atoms with E-state index in [2.05, 4.69) is 10.3 Å². The molecule has 0 spiro atoms. The molecule has 0 radical (unpaired) electrons. The Hall–Kier alpha value is -2.82. The lowest BCUT2D eigenvalue weighted by Crippen LogP contribution is -2.45. The second-order valence-corrected chi connectivity index (χ2v) is 10.1. The van der Waals surface area contributed by atoms with Crippen molar-refractivity contribution in [3.05, 3.63) is 65.2 Å². The number of rotatable bonds is 14. The third-order valence-corrected chi connectivity index (χ3v) is 6.62. The number of aliphatic carboxylic acids is 1. The maximum Gasteiger partial charge on any atom is 0.305 e. The predicted molar refractivity (Wildman–Crippen MR) is 138 cm³/mol. The van der Waals surface area contributed by atoms with Gasteiger partial charge >= 0.3 is 5.97 Å². The summed E-state index contributed by atoms with van der Waals surface area (Å²) in [4.78, 5) is 42.8. The quantitative estimate of drug-likeness (QED) is 0.325. The minimum Gasteiger partial charge on any atom is -0.481 e. The number of carbonyl (C=O) groups excluding carboxylic acids is 2. The van der Waals surface area contributed by atoms with Crippen LogP contribution in [0.25, 0.3) is 0 Å². The summed E-state index contributed by atoms with van der Waals surface area (Å²) in [5.41, 5.74) is 1.39. The number of pyridine rings is 1. The van der Waals surface area contributed by atoms with Crippen LogP contribution < -0.4 is 5.32 Å². The average molecular weight is 520 g/mol. The summed E-state index contributed by atoms with van der Waals surface area (Å²) in [5.74, 6) is -1.30. The van der Waals surface area contributed by atoms with Crippen molar-refractivity contribution in [2.24, 2.45) is 0 Å². The van der Waals surface area contributed by atoms with Crippen molar-refractivity contribution in [1.29, 1.82) is 0 Å². The molecule has 0 aliphatic rings. The number of carboxylic acids is 1. The summed E-state index contributed by atoms with van der Waals surface area (Å²) in [6, 6.07) is 6.57. The first-order chi connectivity index (χ1) is 17.0. The van der Waals surface area contributed by atoms with Gasteiger partial charge in [-0.25, -0.2) is 4.39 Å². The SMILES string of the molecule is CC(C)N(C(=O)c1cncc(C(=O)CN[C@@H](CC(=O)O)C(O)CSCc2ccc(F)cc2)c1)C(C)C. The van der Waals surface area contributed by atoms with Crippen LogP contribution in [-0.4, -0.2) is 74.3 Å². The van der Waals surface area contributed by atoms with E-state index in [0.717, 1.165) is 5.56 Å². The van der Waals surface area contributed by atoms with Gasteiger partial charge in [-0.05, 0) is 51.5 Å². The van der Waals surface area contributed by atoms with Crippen molar-refractivity contribution in [2.75, 3.05) is 12.3 Å². The number of aliphatic hydroxyl groups is 1. The Kier molecular flexibility index (Phi) is 11.5. The van der Waals surface area contributed by atoms with Gasteiger partial charge in [-0.15, -0.1) is 0 Å². The molecular formula is C26H34FN3O5S. The van der Waals surface area contributed by atoms with Gasteiger partial charge in [0.25, 0.3) is 5.91 Å². The fraction of sp³-hybridized carbons (Fsp3) is 0.462. The molecule has 1 aromatic carbocycles.